The van der Waals surface area contributed by atoms with Crippen molar-refractivity contribution < 1.29 is 4.74 Å². The summed E-state index contributed by atoms with van der Waals surface area (Å²) in [5.74, 6) is 0. The van der Waals surface area contributed by atoms with Gasteiger partial charge in [0.15, 0.2) is 0 Å². The minimum absolute atomic E-state index is 0.360. The third-order valence-electron chi connectivity index (χ3n) is 1.86. The van der Waals surface area contributed by atoms with Gasteiger partial charge in [-0.2, -0.15) is 0 Å². The van der Waals surface area contributed by atoms with Gasteiger partial charge in [0.2, 0.25) is 0 Å². The Morgan fingerprint density at radius 2 is 2.27 bits per heavy atom. The minimum Gasteiger partial charge on any atom is -0.382 e. The molecule has 0 unspecified atom stereocenters. The van der Waals surface area contributed by atoms with Gasteiger partial charge >= 0.3 is 5.69 Å². The minimum atomic E-state index is -0.402. The Bertz CT molecular complexity index is 424. The average Bonchev–Trinajstić information content (AvgIpc) is 2.20. The molecular formula is C9H13BrN2O3. The van der Waals surface area contributed by atoms with E-state index in [0.29, 0.717) is 24.2 Å². The summed E-state index contributed by atoms with van der Waals surface area (Å²) >= 11 is 3.07. The summed E-state index contributed by atoms with van der Waals surface area (Å²) in [6.07, 6.45) is 2.24. The molecule has 0 atom stereocenters. The van der Waals surface area contributed by atoms with Crippen LogP contribution in [-0.2, 0) is 11.3 Å². The second kappa shape index (κ2) is 5.87. The van der Waals surface area contributed by atoms with Crippen LogP contribution in [-0.4, -0.2) is 22.8 Å². The molecule has 6 heteroatoms. The molecule has 84 valence electrons. The number of hydrogen-bond acceptors (Lipinski definition) is 3. The normalized spacial score (nSPS) is 10.5. The second-order valence-electron chi connectivity index (χ2n) is 2.98. The Morgan fingerprint density at radius 3 is 2.93 bits per heavy atom. The second-order valence-corrected chi connectivity index (χ2v) is 3.83. The molecule has 0 spiro atoms. The van der Waals surface area contributed by atoms with Crippen molar-refractivity contribution in [1.29, 1.82) is 0 Å². The van der Waals surface area contributed by atoms with Crippen LogP contribution in [0.4, 0.5) is 0 Å². The van der Waals surface area contributed by atoms with Crippen LogP contribution in [0, 0.1) is 0 Å². The van der Waals surface area contributed by atoms with Gasteiger partial charge in [0.25, 0.3) is 5.56 Å². The van der Waals surface area contributed by atoms with Crippen molar-refractivity contribution in [2.45, 2.75) is 19.9 Å². The number of hydrogen-bond donors (Lipinski definition) is 1. The van der Waals surface area contributed by atoms with Gasteiger partial charge in [-0.25, -0.2) is 4.79 Å². The number of aryl methyl sites for hydroxylation is 1. The number of rotatable bonds is 5. The van der Waals surface area contributed by atoms with Gasteiger partial charge in [-0.3, -0.25) is 14.3 Å². The Morgan fingerprint density at radius 1 is 1.53 bits per heavy atom. The number of nitrogens with zero attached hydrogens (tertiary/aromatic N) is 1. The summed E-state index contributed by atoms with van der Waals surface area (Å²) in [5, 5.41) is 0. The molecule has 0 aliphatic carbocycles. The average molecular weight is 277 g/mol. The lowest BCUT2D eigenvalue weighted by molar-refractivity contribution is 0.141. The molecule has 1 N–H and O–H groups in total. The summed E-state index contributed by atoms with van der Waals surface area (Å²) in [6.45, 7) is 3.74. The van der Waals surface area contributed by atoms with Crippen molar-refractivity contribution in [3.8, 4) is 0 Å². The molecular weight excluding hydrogens is 264 g/mol. The van der Waals surface area contributed by atoms with Crippen LogP contribution >= 0.6 is 15.9 Å². The number of aromatic nitrogens is 2. The standard InChI is InChI=1S/C9H13BrN2O3/c1-2-15-5-3-4-12-6-7(10)8(13)11-9(12)14/h6H,2-5H2,1H3,(H,11,13,14). The SMILES string of the molecule is CCOCCCn1cc(Br)c(=O)[nH]c1=O. The predicted octanol–water partition coefficient (Wildman–Crippen LogP) is 0.726. The molecule has 0 saturated heterocycles. The Hall–Kier alpha value is -0.880. The Kier molecular flexibility index (Phi) is 4.77. The van der Waals surface area contributed by atoms with Crippen molar-refractivity contribution in [1.82, 2.24) is 9.55 Å². The lowest BCUT2D eigenvalue weighted by Crippen LogP contribution is -2.30. The van der Waals surface area contributed by atoms with E-state index in [1.165, 1.54) is 10.8 Å². The first kappa shape index (κ1) is 12.2. The van der Waals surface area contributed by atoms with Crippen LogP contribution in [0.5, 0.6) is 0 Å². The first-order chi connectivity index (χ1) is 7.15. The largest absolute Gasteiger partial charge is 0.382 e. The Labute approximate surface area is 95.2 Å². The third kappa shape index (κ3) is 3.64. The van der Waals surface area contributed by atoms with Gasteiger partial charge in [-0.05, 0) is 29.3 Å². The predicted molar refractivity (Wildman–Crippen MR) is 60.1 cm³/mol. The molecule has 0 aliphatic rings. The van der Waals surface area contributed by atoms with Crippen molar-refractivity contribution in [3.63, 3.8) is 0 Å². The smallest absolute Gasteiger partial charge is 0.328 e. The van der Waals surface area contributed by atoms with Crippen molar-refractivity contribution in [2.24, 2.45) is 0 Å². The molecule has 0 saturated carbocycles. The first-order valence-corrected chi connectivity index (χ1v) is 5.51. The number of H-pyrrole nitrogens is 1. The lowest BCUT2D eigenvalue weighted by atomic mass is 10.4. The quantitative estimate of drug-likeness (QED) is 0.807. The van der Waals surface area contributed by atoms with Crippen LogP contribution in [0.1, 0.15) is 13.3 Å². The fourth-order valence-corrected chi connectivity index (χ4v) is 1.48. The fraction of sp³-hybridized carbons (Fsp3) is 0.556. The zero-order valence-corrected chi connectivity index (χ0v) is 10.0. The van der Waals surface area contributed by atoms with E-state index in [9.17, 15) is 9.59 Å². The topological polar surface area (TPSA) is 64.1 Å². The third-order valence-corrected chi connectivity index (χ3v) is 2.42. The molecule has 1 rings (SSSR count). The monoisotopic (exact) mass is 276 g/mol. The lowest BCUT2D eigenvalue weighted by Gasteiger charge is -2.05. The van der Waals surface area contributed by atoms with Gasteiger partial charge in [-0.15, -0.1) is 0 Å². The molecule has 0 radical (unpaired) electrons. The van der Waals surface area contributed by atoms with E-state index in [1.54, 1.807) is 0 Å². The molecule has 0 aliphatic heterocycles. The first-order valence-electron chi connectivity index (χ1n) is 4.72. The molecule has 1 aromatic rings. The van der Waals surface area contributed by atoms with Gasteiger partial charge in [0.1, 0.15) is 0 Å². The van der Waals surface area contributed by atoms with Gasteiger partial charge < -0.3 is 4.74 Å². The van der Waals surface area contributed by atoms with E-state index in [-0.39, 0.29) is 5.69 Å². The fourth-order valence-electron chi connectivity index (χ4n) is 1.13. The van der Waals surface area contributed by atoms with Crippen molar-refractivity contribution >= 4 is 15.9 Å². The summed E-state index contributed by atoms with van der Waals surface area (Å²) in [5.41, 5.74) is -0.791. The van der Waals surface area contributed by atoms with E-state index in [2.05, 4.69) is 20.9 Å². The maximum Gasteiger partial charge on any atom is 0.328 e. The maximum atomic E-state index is 11.3. The number of halogens is 1. The molecule has 1 heterocycles. The van der Waals surface area contributed by atoms with Gasteiger partial charge in [0, 0.05) is 26.0 Å². The van der Waals surface area contributed by atoms with Crippen LogP contribution in [0.15, 0.2) is 20.3 Å². The summed E-state index contributed by atoms with van der Waals surface area (Å²) in [7, 11) is 0. The number of ether oxygens (including phenoxy) is 1. The van der Waals surface area contributed by atoms with E-state index >= 15 is 0 Å². The van der Waals surface area contributed by atoms with Crippen LogP contribution in [0.3, 0.4) is 0 Å². The highest BCUT2D eigenvalue weighted by molar-refractivity contribution is 9.10. The molecule has 15 heavy (non-hydrogen) atoms. The Balaban J connectivity index is 2.66. The highest BCUT2D eigenvalue weighted by Gasteiger charge is 2.01. The highest BCUT2D eigenvalue weighted by Crippen LogP contribution is 1.98. The molecule has 0 bridgehead atoms. The molecule has 0 aromatic carbocycles. The molecule has 5 nitrogen and oxygen atoms in total. The van der Waals surface area contributed by atoms with E-state index in [0.717, 1.165) is 6.42 Å². The van der Waals surface area contributed by atoms with Crippen molar-refractivity contribution in [3.05, 3.63) is 31.5 Å². The highest BCUT2D eigenvalue weighted by atomic mass is 79.9. The zero-order chi connectivity index (χ0) is 11.3. The summed E-state index contributed by atoms with van der Waals surface area (Å²) in [4.78, 5) is 24.5. The van der Waals surface area contributed by atoms with E-state index in [1.807, 2.05) is 6.92 Å². The number of aromatic amines is 1. The number of nitrogens with one attached hydrogen (secondary N) is 1. The van der Waals surface area contributed by atoms with Crippen LogP contribution < -0.4 is 11.2 Å². The van der Waals surface area contributed by atoms with Gasteiger partial charge in [-0.1, -0.05) is 0 Å². The van der Waals surface area contributed by atoms with E-state index < -0.39 is 5.56 Å². The zero-order valence-electron chi connectivity index (χ0n) is 8.46. The summed E-state index contributed by atoms with van der Waals surface area (Å²) in [6, 6.07) is 0. The van der Waals surface area contributed by atoms with Crippen LogP contribution in [0.2, 0.25) is 0 Å². The molecule has 0 amide bonds. The summed E-state index contributed by atoms with van der Waals surface area (Å²) < 4.78 is 6.96. The molecule has 0 fully saturated rings. The van der Waals surface area contributed by atoms with E-state index in [4.69, 9.17) is 4.74 Å². The van der Waals surface area contributed by atoms with Crippen LogP contribution in [0.25, 0.3) is 0 Å². The van der Waals surface area contributed by atoms with Gasteiger partial charge in [0.05, 0.1) is 4.47 Å². The maximum absolute atomic E-state index is 11.3. The van der Waals surface area contributed by atoms with Crippen molar-refractivity contribution in [2.75, 3.05) is 13.2 Å². The molecule has 1 aromatic heterocycles.